The van der Waals surface area contributed by atoms with Gasteiger partial charge in [-0.3, -0.25) is 4.79 Å². The van der Waals surface area contributed by atoms with Crippen LogP contribution in [0.5, 0.6) is 11.5 Å². The SMILES string of the molecule is COc1cc(S(=O)(=O)N(C)CC2CC(=O)N(C3CCCC3)C2)c(OC)cc1C. The van der Waals surface area contributed by atoms with Crippen molar-refractivity contribution in [1.29, 1.82) is 0 Å². The largest absolute Gasteiger partial charge is 0.496 e. The van der Waals surface area contributed by atoms with Gasteiger partial charge in [0, 0.05) is 38.7 Å². The van der Waals surface area contributed by atoms with Gasteiger partial charge in [-0.05, 0) is 37.3 Å². The number of sulfonamides is 1. The summed E-state index contributed by atoms with van der Waals surface area (Å²) in [4.78, 5) is 14.5. The molecule has 1 amide bonds. The first-order valence-corrected chi connectivity index (χ1v) is 11.2. The molecule has 0 spiro atoms. The summed E-state index contributed by atoms with van der Waals surface area (Å²) in [7, 11) is 0.750. The molecule has 1 aromatic carbocycles. The second-order valence-electron chi connectivity index (χ2n) is 7.81. The molecule has 0 radical (unpaired) electrons. The lowest BCUT2D eigenvalue weighted by atomic mass is 10.1. The molecule has 156 valence electrons. The van der Waals surface area contributed by atoms with Crippen molar-refractivity contribution in [3.8, 4) is 11.5 Å². The zero-order valence-corrected chi connectivity index (χ0v) is 17.9. The van der Waals surface area contributed by atoms with Crippen molar-refractivity contribution in [3.63, 3.8) is 0 Å². The van der Waals surface area contributed by atoms with Crippen LogP contribution in [-0.4, -0.2) is 63.9 Å². The standard InChI is InChI=1S/C20H30N2O5S/c1-14-9-18(27-4)19(11-17(14)26-3)28(24,25)21(2)12-15-10-20(23)22(13-15)16-7-5-6-8-16/h9,11,15-16H,5-8,10,12-13H2,1-4H3. The van der Waals surface area contributed by atoms with Gasteiger partial charge in [0.15, 0.2) is 0 Å². The Morgan fingerprint density at radius 1 is 1.14 bits per heavy atom. The average molecular weight is 411 g/mol. The fourth-order valence-electron chi connectivity index (χ4n) is 4.35. The highest BCUT2D eigenvalue weighted by Gasteiger charge is 2.37. The molecular weight excluding hydrogens is 380 g/mol. The minimum absolute atomic E-state index is 0.00575. The molecule has 1 aliphatic carbocycles. The zero-order chi connectivity index (χ0) is 20.5. The number of likely N-dealkylation sites (tertiary alicyclic amines) is 1. The monoisotopic (exact) mass is 410 g/mol. The molecule has 28 heavy (non-hydrogen) atoms. The molecule has 1 atom stereocenters. The van der Waals surface area contributed by atoms with Gasteiger partial charge in [0.1, 0.15) is 16.4 Å². The smallest absolute Gasteiger partial charge is 0.246 e. The molecule has 8 heteroatoms. The fourth-order valence-corrected chi connectivity index (χ4v) is 5.75. The van der Waals surface area contributed by atoms with Gasteiger partial charge in [0.2, 0.25) is 15.9 Å². The number of hydrogen-bond acceptors (Lipinski definition) is 5. The van der Waals surface area contributed by atoms with Gasteiger partial charge in [-0.1, -0.05) is 12.8 Å². The third-order valence-corrected chi connectivity index (χ3v) is 7.73. The number of rotatable bonds is 7. The molecule has 0 bridgehead atoms. The molecule has 2 aliphatic rings. The Bertz CT molecular complexity index is 833. The summed E-state index contributed by atoms with van der Waals surface area (Å²) in [6.45, 7) is 2.78. The van der Waals surface area contributed by atoms with Crippen LogP contribution in [0.25, 0.3) is 0 Å². The first kappa shape index (κ1) is 20.9. The van der Waals surface area contributed by atoms with Gasteiger partial charge in [-0.2, -0.15) is 0 Å². The van der Waals surface area contributed by atoms with Crippen molar-refractivity contribution in [2.24, 2.45) is 5.92 Å². The Kier molecular flexibility index (Phi) is 6.19. The molecule has 1 unspecified atom stereocenters. The van der Waals surface area contributed by atoms with Crippen LogP contribution in [0, 0.1) is 12.8 Å². The molecule has 2 fully saturated rings. The maximum atomic E-state index is 13.2. The summed E-state index contributed by atoms with van der Waals surface area (Å²) < 4.78 is 38.3. The van der Waals surface area contributed by atoms with Crippen molar-refractivity contribution >= 4 is 15.9 Å². The highest BCUT2D eigenvalue weighted by molar-refractivity contribution is 7.89. The normalized spacial score (nSPS) is 21.0. The van der Waals surface area contributed by atoms with E-state index in [1.165, 1.54) is 37.4 Å². The first-order chi connectivity index (χ1) is 13.3. The number of benzene rings is 1. The highest BCUT2D eigenvalue weighted by atomic mass is 32.2. The summed E-state index contributed by atoms with van der Waals surface area (Å²) in [6.07, 6.45) is 4.87. The number of aryl methyl sites for hydroxylation is 1. The highest BCUT2D eigenvalue weighted by Crippen LogP contribution is 2.34. The van der Waals surface area contributed by atoms with Crippen molar-refractivity contribution in [2.75, 3.05) is 34.4 Å². The molecule has 1 heterocycles. The van der Waals surface area contributed by atoms with E-state index < -0.39 is 10.0 Å². The number of nitrogens with zero attached hydrogens (tertiary/aromatic N) is 2. The third-order valence-electron chi connectivity index (χ3n) is 5.89. The Balaban J connectivity index is 1.77. The topological polar surface area (TPSA) is 76.2 Å². The zero-order valence-electron chi connectivity index (χ0n) is 17.1. The number of carbonyl (C=O) groups excluding carboxylic acids is 1. The number of amides is 1. The second kappa shape index (κ2) is 8.29. The van der Waals surface area contributed by atoms with Crippen LogP contribution in [0.3, 0.4) is 0 Å². The number of carbonyl (C=O) groups is 1. The van der Waals surface area contributed by atoms with E-state index in [0.29, 0.717) is 37.1 Å². The van der Waals surface area contributed by atoms with E-state index in [4.69, 9.17) is 9.47 Å². The first-order valence-electron chi connectivity index (χ1n) is 9.76. The summed E-state index contributed by atoms with van der Waals surface area (Å²) in [6, 6.07) is 3.51. The minimum atomic E-state index is -3.77. The van der Waals surface area contributed by atoms with Crippen LogP contribution in [0.15, 0.2) is 17.0 Å². The van der Waals surface area contributed by atoms with E-state index in [1.807, 2.05) is 11.8 Å². The molecule has 7 nitrogen and oxygen atoms in total. The summed E-state index contributed by atoms with van der Waals surface area (Å²) in [5.74, 6) is 0.944. The third kappa shape index (κ3) is 3.98. The summed E-state index contributed by atoms with van der Waals surface area (Å²) in [5, 5.41) is 0. The van der Waals surface area contributed by atoms with E-state index in [0.717, 1.165) is 18.4 Å². The lowest BCUT2D eigenvalue weighted by Gasteiger charge is -2.25. The van der Waals surface area contributed by atoms with Crippen molar-refractivity contribution in [3.05, 3.63) is 17.7 Å². The van der Waals surface area contributed by atoms with E-state index in [-0.39, 0.29) is 16.7 Å². The molecule has 0 aromatic heterocycles. The lowest BCUT2D eigenvalue weighted by Crippen LogP contribution is -2.36. The molecule has 0 N–H and O–H groups in total. The Morgan fingerprint density at radius 3 is 2.39 bits per heavy atom. The molecule has 1 aliphatic heterocycles. The van der Waals surface area contributed by atoms with Gasteiger partial charge < -0.3 is 14.4 Å². The van der Waals surface area contributed by atoms with Crippen LogP contribution in [0.1, 0.15) is 37.7 Å². The van der Waals surface area contributed by atoms with Crippen molar-refractivity contribution in [2.45, 2.75) is 50.0 Å². The van der Waals surface area contributed by atoms with Gasteiger partial charge in [0.05, 0.1) is 14.2 Å². The number of methoxy groups -OCH3 is 2. The molecule has 1 aromatic rings. The van der Waals surface area contributed by atoms with Gasteiger partial charge >= 0.3 is 0 Å². The number of ether oxygens (including phenoxy) is 2. The average Bonchev–Trinajstić information content (AvgIpc) is 3.30. The Morgan fingerprint density at radius 2 is 1.79 bits per heavy atom. The van der Waals surface area contributed by atoms with E-state index in [9.17, 15) is 13.2 Å². The lowest BCUT2D eigenvalue weighted by molar-refractivity contribution is -0.129. The quantitative estimate of drug-likeness (QED) is 0.690. The van der Waals surface area contributed by atoms with Crippen LogP contribution < -0.4 is 9.47 Å². The Labute approximate surface area is 167 Å². The summed E-state index contributed by atoms with van der Waals surface area (Å²) >= 11 is 0. The van der Waals surface area contributed by atoms with Gasteiger partial charge in [0.25, 0.3) is 0 Å². The van der Waals surface area contributed by atoms with Crippen LogP contribution in [0.2, 0.25) is 0 Å². The molecule has 3 rings (SSSR count). The van der Waals surface area contributed by atoms with Gasteiger partial charge in [-0.25, -0.2) is 12.7 Å². The number of hydrogen-bond donors (Lipinski definition) is 0. The predicted octanol–water partition coefficient (Wildman–Crippen LogP) is 2.42. The minimum Gasteiger partial charge on any atom is -0.496 e. The van der Waals surface area contributed by atoms with Crippen LogP contribution in [0.4, 0.5) is 0 Å². The van der Waals surface area contributed by atoms with E-state index >= 15 is 0 Å². The molecular formula is C20H30N2O5S. The van der Waals surface area contributed by atoms with Crippen molar-refractivity contribution in [1.82, 2.24) is 9.21 Å². The maximum absolute atomic E-state index is 13.2. The summed E-state index contributed by atoms with van der Waals surface area (Å²) in [5.41, 5.74) is 0.801. The maximum Gasteiger partial charge on any atom is 0.246 e. The Hall–Kier alpha value is -1.80. The second-order valence-corrected chi connectivity index (χ2v) is 9.83. The van der Waals surface area contributed by atoms with Gasteiger partial charge in [-0.15, -0.1) is 0 Å². The van der Waals surface area contributed by atoms with Crippen LogP contribution in [-0.2, 0) is 14.8 Å². The molecule has 1 saturated heterocycles. The van der Waals surface area contributed by atoms with E-state index in [2.05, 4.69) is 0 Å². The van der Waals surface area contributed by atoms with Crippen molar-refractivity contribution < 1.29 is 22.7 Å². The molecule has 1 saturated carbocycles. The predicted molar refractivity (Wildman–Crippen MR) is 106 cm³/mol. The van der Waals surface area contributed by atoms with Crippen LogP contribution >= 0.6 is 0 Å². The fraction of sp³-hybridized carbons (Fsp3) is 0.650. The van der Waals surface area contributed by atoms with E-state index in [1.54, 1.807) is 13.1 Å².